The summed E-state index contributed by atoms with van der Waals surface area (Å²) in [5.74, 6) is 6.31. The molecule has 0 bridgehead atoms. The van der Waals surface area contributed by atoms with Gasteiger partial charge in [-0.2, -0.15) is 0 Å². The molecule has 4 rings (SSSR count). The Bertz CT molecular complexity index is 1150. The van der Waals surface area contributed by atoms with E-state index < -0.39 is 0 Å². The lowest BCUT2D eigenvalue weighted by molar-refractivity contribution is -0.111. The molecule has 0 spiro atoms. The van der Waals surface area contributed by atoms with E-state index >= 15 is 0 Å². The molecule has 176 valence electrons. The number of nitrogens with one attached hydrogen (secondary N) is 2. The van der Waals surface area contributed by atoms with Gasteiger partial charge < -0.3 is 15.4 Å². The molecule has 6 heteroatoms. The number of anilines is 3. The number of fused-ring (bicyclic) bond motifs is 1. The number of hydrogen-bond acceptors (Lipinski definition) is 5. The van der Waals surface area contributed by atoms with Crippen molar-refractivity contribution in [3.63, 3.8) is 0 Å². The van der Waals surface area contributed by atoms with Crippen LogP contribution >= 0.6 is 0 Å². The Labute approximate surface area is 201 Å². The lowest BCUT2D eigenvalue weighted by atomic mass is 9.99. The number of hydrogen-bond donors (Lipinski definition) is 2. The molecule has 0 atom stereocenters. The van der Waals surface area contributed by atoms with Gasteiger partial charge in [0, 0.05) is 16.8 Å². The topological polar surface area (TPSA) is 76.1 Å². The first-order chi connectivity index (χ1) is 16.7. The van der Waals surface area contributed by atoms with Crippen LogP contribution < -0.4 is 15.4 Å². The Morgan fingerprint density at radius 1 is 0.912 bits per heavy atom. The van der Waals surface area contributed by atoms with Gasteiger partial charge in [0.15, 0.2) is 0 Å². The van der Waals surface area contributed by atoms with Crippen molar-refractivity contribution in [2.24, 2.45) is 0 Å². The van der Waals surface area contributed by atoms with Crippen molar-refractivity contribution in [3.05, 3.63) is 48.8 Å². The van der Waals surface area contributed by atoms with E-state index in [4.69, 9.17) is 4.74 Å². The maximum atomic E-state index is 11.8. The predicted molar refractivity (Wildman–Crippen MR) is 137 cm³/mol. The number of aromatic nitrogens is 2. The fraction of sp³-hybridized carbons (Fsp3) is 0.393. The van der Waals surface area contributed by atoms with Crippen molar-refractivity contribution >= 4 is 34.0 Å². The Morgan fingerprint density at radius 3 is 2.29 bits per heavy atom. The van der Waals surface area contributed by atoms with Gasteiger partial charge >= 0.3 is 0 Å². The Balaban J connectivity index is 1.44. The number of nitrogens with zero attached hydrogens (tertiary/aromatic N) is 2. The summed E-state index contributed by atoms with van der Waals surface area (Å²) in [7, 11) is 0. The van der Waals surface area contributed by atoms with Crippen molar-refractivity contribution in [3.8, 4) is 17.6 Å². The van der Waals surface area contributed by atoms with Crippen LogP contribution in [0.1, 0.15) is 64.7 Å². The van der Waals surface area contributed by atoms with Gasteiger partial charge in [0.1, 0.15) is 17.9 Å². The van der Waals surface area contributed by atoms with E-state index in [1.165, 1.54) is 51.3 Å². The van der Waals surface area contributed by atoms with Crippen LogP contribution in [0.2, 0.25) is 0 Å². The first-order valence-electron chi connectivity index (χ1n) is 12.2. The fourth-order valence-electron chi connectivity index (χ4n) is 4.35. The first-order valence-corrected chi connectivity index (χ1v) is 12.2. The van der Waals surface area contributed by atoms with Crippen molar-refractivity contribution in [1.29, 1.82) is 0 Å². The number of rotatable bonds is 5. The number of benzene rings is 2. The van der Waals surface area contributed by atoms with E-state index in [2.05, 4.69) is 32.4 Å². The molecule has 1 heterocycles. The highest BCUT2D eigenvalue weighted by molar-refractivity contribution is 6.05. The van der Waals surface area contributed by atoms with Gasteiger partial charge in [0.25, 0.3) is 5.91 Å². The summed E-state index contributed by atoms with van der Waals surface area (Å²) in [6, 6.07) is 13.5. The second kappa shape index (κ2) is 12.0. The minimum Gasteiger partial charge on any atom is -0.490 e. The van der Waals surface area contributed by atoms with E-state index in [1.807, 2.05) is 36.4 Å². The third-order valence-corrected chi connectivity index (χ3v) is 6.10. The molecule has 1 aliphatic carbocycles. The second-order valence-corrected chi connectivity index (χ2v) is 8.72. The standard InChI is InChI=1S/C28H32N4O2/c1-2-10-27(33)31-22-15-18-26-25(19-22)28(30-20-29-26)32-21-13-16-24(17-14-21)34-23-11-8-6-4-3-5-7-9-12-23/h13-20,23H,3-9,11-12H2,1H3,(H,31,33)(H,29,30,32). The van der Waals surface area contributed by atoms with Gasteiger partial charge in [-0.25, -0.2) is 9.97 Å². The molecule has 1 amide bonds. The van der Waals surface area contributed by atoms with Crippen molar-refractivity contribution in [1.82, 2.24) is 9.97 Å². The highest BCUT2D eigenvalue weighted by atomic mass is 16.5. The molecule has 0 radical (unpaired) electrons. The summed E-state index contributed by atoms with van der Waals surface area (Å²) < 4.78 is 6.33. The van der Waals surface area contributed by atoms with Gasteiger partial charge in [-0.05, 0) is 81.0 Å². The van der Waals surface area contributed by atoms with Gasteiger partial charge in [0.2, 0.25) is 0 Å². The average Bonchev–Trinajstić information content (AvgIpc) is 2.85. The van der Waals surface area contributed by atoms with Gasteiger partial charge in [-0.15, -0.1) is 0 Å². The van der Waals surface area contributed by atoms with Crippen molar-refractivity contribution < 1.29 is 9.53 Å². The van der Waals surface area contributed by atoms with Gasteiger partial charge in [-0.3, -0.25) is 4.79 Å². The Hall–Kier alpha value is -3.59. The molecule has 34 heavy (non-hydrogen) atoms. The van der Waals surface area contributed by atoms with E-state index in [0.717, 1.165) is 35.2 Å². The summed E-state index contributed by atoms with van der Waals surface area (Å²) in [5, 5.41) is 6.96. The lowest BCUT2D eigenvalue weighted by Crippen LogP contribution is -2.17. The summed E-state index contributed by atoms with van der Waals surface area (Å²) in [5.41, 5.74) is 2.34. The predicted octanol–water partition coefficient (Wildman–Crippen LogP) is 6.61. The summed E-state index contributed by atoms with van der Waals surface area (Å²) in [4.78, 5) is 20.6. The maximum Gasteiger partial charge on any atom is 0.300 e. The van der Waals surface area contributed by atoms with Crippen LogP contribution in [-0.2, 0) is 4.79 Å². The Kier molecular flexibility index (Phi) is 8.34. The zero-order valence-electron chi connectivity index (χ0n) is 19.8. The zero-order chi connectivity index (χ0) is 23.6. The largest absolute Gasteiger partial charge is 0.490 e. The minimum atomic E-state index is -0.348. The molecule has 1 fully saturated rings. The summed E-state index contributed by atoms with van der Waals surface area (Å²) >= 11 is 0. The van der Waals surface area contributed by atoms with Crippen LogP contribution in [0.25, 0.3) is 10.9 Å². The van der Waals surface area contributed by atoms with Crippen LogP contribution in [0.3, 0.4) is 0 Å². The summed E-state index contributed by atoms with van der Waals surface area (Å²) in [6.07, 6.45) is 13.3. The van der Waals surface area contributed by atoms with Crippen LogP contribution in [0.5, 0.6) is 5.75 Å². The Morgan fingerprint density at radius 2 is 1.59 bits per heavy atom. The maximum absolute atomic E-state index is 11.8. The van der Waals surface area contributed by atoms with Crippen LogP contribution in [0.15, 0.2) is 48.8 Å². The lowest BCUT2D eigenvalue weighted by Gasteiger charge is -2.20. The number of amides is 1. The molecule has 0 aliphatic heterocycles. The molecule has 0 saturated heterocycles. The van der Waals surface area contributed by atoms with E-state index in [9.17, 15) is 4.79 Å². The quantitative estimate of drug-likeness (QED) is 0.423. The molecule has 3 aromatic rings. The smallest absolute Gasteiger partial charge is 0.300 e. The van der Waals surface area contributed by atoms with Crippen molar-refractivity contribution in [2.75, 3.05) is 10.6 Å². The molecule has 1 saturated carbocycles. The molecule has 2 aromatic carbocycles. The monoisotopic (exact) mass is 456 g/mol. The van der Waals surface area contributed by atoms with E-state index in [-0.39, 0.29) is 5.91 Å². The molecule has 6 nitrogen and oxygen atoms in total. The zero-order valence-corrected chi connectivity index (χ0v) is 19.8. The molecule has 0 unspecified atom stereocenters. The highest BCUT2D eigenvalue weighted by Crippen LogP contribution is 2.28. The molecule has 1 aromatic heterocycles. The van der Waals surface area contributed by atoms with E-state index in [0.29, 0.717) is 17.6 Å². The molecular weight excluding hydrogens is 424 g/mol. The highest BCUT2D eigenvalue weighted by Gasteiger charge is 2.12. The third-order valence-electron chi connectivity index (χ3n) is 6.10. The van der Waals surface area contributed by atoms with Crippen LogP contribution in [0, 0.1) is 11.8 Å². The fourth-order valence-corrected chi connectivity index (χ4v) is 4.35. The number of carbonyl (C=O) groups excluding carboxylic acids is 1. The first kappa shape index (κ1) is 23.6. The normalized spacial score (nSPS) is 15.1. The number of carbonyl (C=O) groups is 1. The van der Waals surface area contributed by atoms with Gasteiger partial charge in [0.05, 0.1) is 11.6 Å². The third kappa shape index (κ3) is 6.71. The van der Waals surface area contributed by atoms with Crippen LogP contribution in [0.4, 0.5) is 17.2 Å². The molecular formula is C28H32N4O2. The SMILES string of the molecule is CC#CC(=O)Nc1ccc2ncnc(Nc3ccc(OC4CCCCCCCCC4)cc3)c2c1. The van der Waals surface area contributed by atoms with Crippen LogP contribution in [-0.4, -0.2) is 22.0 Å². The number of ether oxygens (including phenoxy) is 1. The summed E-state index contributed by atoms with van der Waals surface area (Å²) in [6.45, 7) is 1.63. The second-order valence-electron chi connectivity index (χ2n) is 8.72. The van der Waals surface area contributed by atoms with Crippen molar-refractivity contribution in [2.45, 2.75) is 70.8 Å². The minimum absolute atomic E-state index is 0.300. The molecule has 1 aliphatic rings. The van der Waals surface area contributed by atoms with E-state index in [1.54, 1.807) is 13.0 Å². The molecule has 2 N–H and O–H groups in total. The van der Waals surface area contributed by atoms with Gasteiger partial charge in [-0.1, -0.05) is 38.0 Å². The average molecular weight is 457 g/mol.